The van der Waals surface area contributed by atoms with Gasteiger partial charge in [0.25, 0.3) is 0 Å². The summed E-state index contributed by atoms with van der Waals surface area (Å²) in [5, 5.41) is 0. The third kappa shape index (κ3) is 23.8. The second-order valence-corrected chi connectivity index (χ2v) is 11.3. The largest absolute Gasteiger partial charge is 0.464 e. The molecule has 9 heteroatoms. The summed E-state index contributed by atoms with van der Waals surface area (Å²) in [7, 11) is 1.39. The van der Waals surface area contributed by atoms with E-state index in [0.717, 1.165) is 103 Å². The van der Waals surface area contributed by atoms with Crippen LogP contribution in [-0.2, 0) is 28.1 Å². The van der Waals surface area contributed by atoms with E-state index >= 15 is 0 Å². The highest BCUT2D eigenvalue weighted by atomic mass is 35.5. The number of carbonyl (C=O) groups is 3. The number of ether oxygens (including phenoxy) is 2. The van der Waals surface area contributed by atoms with E-state index in [9.17, 15) is 14.4 Å². The maximum Gasteiger partial charge on any atom is 0.308 e. The van der Waals surface area contributed by atoms with Gasteiger partial charge in [-0.25, -0.2) is 0 Å². The molecular weight excluding hydrogens is 544 g/mol. The molecule has 0 aromatic rings. The van der Waals surface area contributed by atoms with Gasteiger partial charge >= 0.3 is 11.9 Å². The monoisotopic (exact) mass is 606 g/mol. The van der Waals surface area contributed by atoms with Gasteiger partial charge in [-0.1, -0.05) is 105 Å². The molecule has 0 aromatic carbocycles. The summed E-state index contributed by atoms with van der Waals surface area (Å²) < 4.78 is 15.0. The molecule has 0 radical (unpaired) electrons. The van der Waals surface area contributed by atoms with E-state index in [1.807, 2.05) is 0 Å². The van der Waals surface area contributed by atoms with Gasteiger partial charge in [-0.3, -0.25) is 18.7 Å². The summed E-state index contributed by atoms with van der Waals surface area (Å²) in [5.74, 6) is -0.729. The molecule has 41 heavy (non-hydrogen) atoms. The van der Waals surface area contributed by atoms with Crippen molar-refractivity contribution < 1.29 is 28.1 Å². The Bertz CT molecular complexity index is 573. The van der Waals surface area contributed by atoms with E-state index in [4.69, 9.17) is 15.2 Å². The minimum Gasteiger partial charge on any atom is -0.464 e. The van der Waals surface area contributed by atoms with Gasteiger partial charge in [-0.15, -0.1) is 0 Å². The number of hydrogen-bond donors (Lipinski definition) is 1. The number of halogens is 1. The zero-order chi connectivity index (χ0) is 31.3. The molecule has 0 fully saturated rings. The molecule has 1 unspecified atom stereocenters. The maximum absolute atomic E-state index is 12.8. The van der Waals surface area contributed by atoms with Gasteiger partial charge in [-0.05, 0) is 32.6 Å². The summed E-state index contributed by atoms with van der Waals surface area (Å²) in [6, 6.07) is -0.673. The molecule has 0 aliphatic rings. The number of esters is 2. The van der Waals surface area contributed by atoms with Crippen LogP contribution in [0.4, 0.5) is 0 Å². The lowest BCUT2D eigenvalue weighted by atomic mass is 9.95. The fourth-order valence-electron chi connectivity index (χ4n) is 4.69. The molecule has 0 aromatic heterocycles. The highest BCUT2D eigenvalue weighted by Gasteiger charge is 2.23. The lowest BCUT2D eigenvalue weighted by Crippen LogP contribution is -2.45. The molecule has 1 amide bonds. The molecule has 0 spiro atoms. The van der Waals surface area contributed by atoms with Crippen LogP contribution in [0.25, 0.3) is 0 Å². The molecule has 1 atom stereocenters. The van der Waals surface area contributed by atoms with E-state index < -0.39 is 6.04 Å². The van der Waals surface area contributed by atoms with E-state index in [-0.39, 0.29) is 56.0 Å². The zero-order valence-corrected chi connectivity index (χ0v) is 28.0. The Morgan fingerprint density at radius 3 is 1.20 bits per heavy atom. The molecule has 244 valence electrons. The standard InChI is InChI=1S/C31H60N2O5.CH3ClO/c1-6-10-14-18-27(19-15-11-7-2)30(35)37-24-22-33(29(34)26(5)32)23-25-38-31(36)28(20-16-12-8-3)21-17-13-9-4;1-3-2/h26-28H,6-25,32H2,1-5H3;1H3. The predicted octanol–water partition coefficient (Wildman–Crippen LogP) is 7.59. The van der Waals surface area contributed by atoms with Crippen LogP contribution in [0.1, 0.15) is 137 Å². The minimum absolute atomic E-state index is 0.0796. The molecule has 0 saturated carbocycles. The van der Waals surface area contributed by atoms with Gasteiger partial charge in [0.1, 0.15) is 13.2 Å². The Hall–Kier alpha value is -1.38. The van der Waals surface area contributed by atoms with Gasteiger partial charge in [0.05, 0.1) is 49.9 Å². The van der Waals surface area contributed by atoms with Gasteiger partial charge in [-0.2, -0.15) is 0 Å². The van der Waals surface area contributed by atoms with Crippen LogP contribution >= 0.6 is 11.9 Å². The van der Waals surface area contributed by atoms with Crippen molar-refractivity contribution in [2.24, 2.45) is 17.6 Å². The average Bonchev–Trinajstić information content (AvgIpc) is 2.94. The van der Waals surface area contributed by atoms with Crippen molar-refractivity contribution >= 4 is 29.7 Å². The predicted molar refractivity (Wildman–Crippen MR) is 169 cm³/mol. The Morgan fingerprint density at radius 1 is 0.659 bits per heavy atom. The van der Waals surface area contributed by atoms with E-state index in [2.05, 4.69) is 43.9 Å². The second-order valence-electron chi connectivity index (χ2n) is 11.0. The highest BCUT2D eigenvalue weighted by molar-refractivity contribution is 6.07. The Balaban J connectivity index is 0. The fourth-order valence-corrected chi connectivity index (χ4v) is 4.69. The van der Waals surface area contributed by atoms with Crippen molar-refractivity contribution in [2.75, 3.05) is 33.4 Å². The number of nitrogens with two attached hydrogens (primary N) is 1. The summed E-state index contributed by atoms with van der Waals surface area (Å²) in [5.41, 5.74) is 5.86. The Kier molecular flexibility index (Phi) is 30.6. The van der Waals surface area contributed by atoms with Crippen molar-refractivity contribution in [3.05, 3.63) is 0 Å². The number of carbonyl (C=O) groups excluding carboxylic acids is 3. The molecule has 2 N–H and O–H groups in total. The van der Waals surface area contributed by atoms with Gasteiger partial charge in [0.2, 0.25) is 5.91 Å². The zero-order valence-electron chi connectivity index (χ0n) is 27.2. The van der Waals surface area contributed by atoms with Crippen molar-refractivity contribution in [2.45, 2.75) is 143 Å². The Labute approximate surface area is 256 Å². The molecule has 0 heterocycles. The van der Waals surface area contributed by atoms with Crippen LogP contribution in [0.3, 0.4) is 0 Å². The summed E-state index contributed by atoms with van der Waals surface area (Å²) >= 11 is 4.50. The van der Waals surface area contributed by atoms with Crippen LogP contribution in [0.2, 0.25) is 0 Å². The molecule has 0 aliphatic carbocycles. The second kappa shape index (κ2) is 30.1. The third-order valence-electron chi connectivity index (χ3n) is 7.20. The van der Waals surface area contributed by atoms with Crippen molar-refractivity contribution in [3.63, 3.8) is 0 Å². The van der Waals surface area contributed by atoms with Crippen LogP contribution in [0, 0.1) is 11.8 Å². The normalized spacial score (nSPS) is 11.7. The number of unbranched alkanes of at least 4 members (excludes halogenated alkanes) is 8. The number of nitrogens with zero attached hydrogens (tertiary/aromatic N) is 1. The average molecular weight is 607 g/mol. The van der Waals surface area contributed by atoms with E-state index in [0.29, 0.717) is 0 Å². The van der Waals surface area contributed by atoms with E-state index in [1.54, 1.807) is 11.8 Å². The SMILES string of the molecule is CCCCCC(CCCCC)C(=O)OCCN(CCOC(=O)C(CCCCC)CCCCC)C(=O)C(C)N.COCl. The number of hydrogen-bond acceptors (Lipinski definition) is 7. The molecule has 0 saturated heterocycles. The molecule has 0 bridgehead atoms. The van der Waals surface area contributed by atoms with Crippen LogP contribution in [-0.4, -0.2) is 62.2 Å². The molecule has 0 rings (SSSR count). The summed E-state index contributed by atoms with van der Waals surface area (Å²) in [4.78, 5) is 39.8. The number of rotatable bonds is 25. The summed E-state index contributed by atoms with van der Waals surface area (Å²) in [6.45, 7) is 11.0. The number of amides is 1. The van der Waals surface area contributed by atoms with Crippen LogP contribution in [0.15, 0.2) is 0 Å². The first-order valence-electron chi connectivity index (χ1n) is 16.3. The van der Waals surface area contributed by atoms with Crippen molar-refractivity contribution in [3.8, 4) is 0 Å². The van der Waals surface area contributed by atoms with Crippen molar-refractivity contribution in [1.82, 2.24) is 4.90 Å². The van der Waals surface area contributed by atoms with Gasteiger partial charge in [0, 0.05) is 0 Å². The smallest absolute Gasteiger partial charge is 0.308 e. The summed E-state index contributed by atoms with van der Waals surface area (Å²) in [6.07, 6.45) is 16.5. The lowest BCUT2D eigenvalue weighted by Gasteiger charge is -2.25. The maximum atomic E-state index is 12.8. The topological polar surface area (TPSA) is 108 Å². The van der Waals surface area contributed by atoms with Crippen LogP contribution < -0.4 is 5.73 Å². The molecule has 0 aliphatic heterocycles. The minimum atomic E-state index is -0.673. The Morgan fingerprint density at radius 2 is 0.951 bits per heavy atom. The van der Waals surface area contributed by atoms with Crippen LogP contribution in [0.5, 0.6) is 0 Å². The fraction of sp³-hybridized carbons (Fsp3) is 0.906. The first kappa shape index (κ1) is 41.8. The quantitative estimate of drug-likeness (QED) is 0.0842. The highest BCUT2D eigenvalue weighted by Crippen LogP contribution is 2.20. The third-order valence-corrected chi connectivity index (χ3v) is 7.20. The first-order chi connectivity index (χ1) is 19.7. The lowest BCUT2D eigenvalue weighted by molar-refractivity contribution is -0.152. The molecular formula is C32H63ClN2O6. The van der Waals surface area contributed by atoms with E-state index in [1.165, 1.54) is 7.11 Å². The van der Waals surface area contributed by atoms with Gasteiger partial charge < -0.3 is 20.1 Å². The van der Waals surface area contributed by atoms with Crippen molar-refractivity contribution in [1.29, 1.82) is 0 Å². The van der Waals surface area contributed by atoms with Gasteiger partial charge in [0.15, 0.2) is 0 Å². The first-order valence-corrected chi connectivity index (χ1v) is 16.6. The molecule has 8 nitrogen and oxygen atoms in total.